The van der Waals surface area contributed by atoms with Crippen molar-refractivity contribution < 1.29 is 23.1 Å². The highest BCUT2D eigenvalue weighted by Crippen LogP contribution is 2.64. The summed E-state index contributed by atoms with van der Waals surface area (Å²) in [4.78, 5) is 23.8. The monoisotopic (exact) mass is 329 g/mol. The van der Waals surface area contributed by atoms with Crippen molar-refractivity contribution in [2.45, 2.75) is 52.0 Å². The second-order valence-corrected chi connectivity index (χ2v) is 9.45. The maximum Gasteiger partial charge on any atom is 0.322 e. The maximum absolute atomic E-state index is 12.8. The van der Waals surface area contributed by atoms with E-state index in [4.69, 9.17) is 0 Å². The molecule has 124 valence electrons. The Kier molecular flexibility index (Phi) is 3.45. The van der Waals surface area contributed by atoms with Gasteiger partial charge in [-0.1, -0.05) is 13.8 Å². The lowest BCUT2D eigenvalue weighted by atomic mass is 9.70. The van der Waals surface area contributed by atoms with Gasteiger partial charge in [-0.3, -0.25) is 9.59 Å². The number of sulfonamides is 1. The summed E-state index contributed by atoms with van der Waals surface area (Å²) in [5.74, 6) is -1.03. The van der Waals surface area contributed by atoms with Crippen LogP contribution in [-0.4, -0.2) is 47.9 Å². The predicted octanol–water partition coefficient (Wildman–Crippen LogP) is 1.26. The van der Waals surface area contributed by atoms with Crippen LogP contribution in [0.2, 0.25) is 0 Å². The van der Waals surface area contributed by atoms with Gasteiger partial charge in [0.25, 0.3) is 0 Å². The van der Waals surface area contributed by atoms with Gasteiger partial charge in [0.15, 0.2) is 0 Å². The fraction of sp³-hybridized carbons (Fsp3) is 0.867. The third-order valence-electron chi connectivity index (χ3n) is 6.41. The smallest absolute Gasteiger partial charge is 0.322 e. The predicted molar refractivity (Wildman–Crippen MR) is 79.7 cm³/mol. The molecule has 0 amide bonds. The van der Waals surface area contributed by atoms with E-state index in [0.29, 0.717) is 25.7 Å². The molecule has 0 radical (unpaired) electrons. The molecule has 22 heavy (non-hydrogen) atoms. The molecule has 0 spiro atoms. The van der Waals surface area contributed by atoms with Crippen LogP contribution in [-0.2, 0) is 19.6 Å². The molecule has 6 nitrogen and oxygen atoms in total. The van der Waals surface area contributed by atoms with Gasteiger partial charge in [0, 0.05) is 18.4 Å². The number of hydrogen-bond acceptors (Lipinski definition) is 4. The van der Waals surface area contributed by atoms with Crippen LogP contribution in [0.25, 0.3) is 0 Å². The van der Waals surface area contributed by atoms with Crippen molar-refractivity contribution in [2.24, 2.45) is 16.7 Å². The van der Waals surface area contributed by atoms with Crippen molar-refractivity contribution in [1.82, 2.24) is 4.31 Å². The third kappa shape index (κ3) is 1.98. The van der Waals surface area contributed by atoms with Crippen LogP contribution < -0.4 is 0 Å². The molecule has 0 aromatic rings. The highest BCUT2D eigenvalue weighted by Gasteiger charge is 2.65. The van der Waals surface area contributed by atoms with Gasteiger partial charge >= 0.3 is 5.97 Å². The van der Waals surface area contributed by atoms with E-state index in [1.54, 1.807) is 0 Å². The molecule has 2 aliphatic carbocycles. The zero-order valence-electron chi connectivity index (χ0n) is 13.0. The third-order valence-corrected chi connectivity index (χ3v) is 8.42. The van der Waals surface area contributed by atoms with Gasteiger partial charge in [-0.15, -0.1) is 0 Å². The summed E-state index contributed by atoms with van der Waals surface area (Å²) in [6.45, 7) is 4.22. The van der Waals surface area contributed by atoms with Crippen molar-refractivity contribution in [3.63, 3.8) is 0 Å². The van der Waals surface area contributed by atoms with Crippen molar-refractivity contribution >= 4 is 21.8 Å². The molecule has 3 atom stereocenters. The minimum absolute atomic E-state index is 0.0448. The Morgan fingerprint density at radius 2 is 2.05 bits per heavy atom. The van der Waals surface area contributed by atoms with Crippen LogP contribution in [0.15, 0.2) is 0 Å². The van der Waals surface area contributed by atoms with Crippen LogP contribution in [0.3, 0.4) is 0 Å². The molecule has 0 aromatic carbocycles. The van der Waals surface area contributed by atoms with E-state index in [9.17, 15) is 23.1 Å². The summed E-state index contributed by atoms with van der Waals surface area (Å²) >= 11 is 0. The van der Waals surface area contributed by atoms with E-state index in [1.165, 1.54) is 0 Å². The van der Waals surface area contributed by atoms with Crippen LogP contribution >= 0.6 is 0 Å². The molecule has 3 aliphatic rings. The number of carbonyl (C=O) groups is 2. The average molecular weight is 329 g/mol. The molecule has 2 saturated carbocycles. The highest BCUT2D eigenvalue weighted by atomic mass is 32.2. The second-order valence-electron chi connectivity index (χ2n) is 7.53. The number of rotatable bonds is 4. The molecule has 1 N–H and O–H groups in total. The number of carbonyl (C=O) groups excluding carboxylic acids is 1. The second kappa shape index (κ2) is 4.77. The summed E-state index contributed by atoms with van der Waals surface area (Å²) in [5.41, 5.74) is -1.16. The topological polar surface area (TPSA) is 91.8 Å². The zero-order chi connectivity index (χ0) is 16.3. The molecule has 0 aromatic heterocycles. The Bertz CT molecular complexity index is 626. The zero-order valence-corrected chi connectivity index (χ0v) is 13.9. The number of carboxylic acid groups (broad SMARTS) is 1. The van der Waals surface area contributed by atoms with Crippen molar-refractivity contribution in [3.8, 4) is 0 Å². The molecule has 2 unspecified atom stereocenters. The van der Waals surface area contributed by atoms with E-state index in [-0.39, 0.29) is 29.4 Å². The lowest BCUT2D eigenvalue weighted by Gasteiger charge is -2.37. The fourth-order valence-corrected chi connectivity index (χ4v) is 7.28. The molecular formula is C15H23NO5S. The number of carboxylic acids is 1. The molecular weight excluding hydrogens is 306 g/mol. The van der Waals surface area contributed by atoms with Gasteiger partial charge in [0.2, 0.25) is 10.0 Å². The highest BCUT2D eigenvalue weighted by molar-refractivity contribution is 7.89. The maximum atomic E-state index is 12.8. The number of Topliss-reactive ketones (excluding diaryl/α,β-unsaturated/α-hetero) is 1. The average Bonchev–Trinajstić information content (AvgIpc) is 3.02. The van der Waals surface area contributed by atoms with E-state index >= 15 is 0 Å². The lowest BCUT2D eigenvalue weighted by Crippen LogP contribution is -2.49. The molecule has 1 heterocycles. The Balaban J connectivity index is 1.92. The van der Waals surface area contributed by atoms with E-state index in [1.807, 2.05) is 13.8 Å². The summed E-state index contributed by atoms with van der Waals surface area (Å²) in [6.07, 6.45) is 2.86. The van der Waals surface area contributed by atoms with Crippen LogP contribution in [0.5, 0.6) is 0 Å². The Labute approximate surface area is 130 Å². The first-order chi connectivity index (χ1) is 10.1. The Hall–Kier alpha value is -0.950. The first kappa shape index (κ1) is 15.9. The molecule has 7 heteroatoms. The van der Waals surface area contributed by atoms with E-state index in [2.05, 4.69) is 0 Å². The largest absolute Gasteiger partial charge is 0.480 e. The summed E-state index contributed by atoms with van der Waals surface area (Å²) in [6, 6.07) is -0.974. The van der Waals surface area contributed by atoms with E-state index in [0.717, 1.165) is 10.7 Å². The summed E-state index contributed by atoms with van der Waals surface area (Å²) in [5, 5.41) is 9.22. The minimum Gasteiger partial charge on any atom is -0.480 e. The summed E-state index contributed by atoms with van der Waals surface area (Å²) < 4.78 is 26.8. The standard InChI is InChI=1S/C15H23NO5S/c1-14(2)10-5-6-15(14,12(17)8-10)9-22(20,21)16-7-3-4-11(16)13(18)19/h10-11H,3-9H2,1-2H3,(H,18,19)/t10?,11-,15?/m0/s1. The van der Waals surface area contributed by atoms with Gasteiger partial charge < -0.3 is 5.11 Å². The van der Waals surface area contributed by atoms with Gasteiger partial charge in [-0.05, 0) is 37.0 Å². The number of nitrogens with zero attached hydrogens (tertiary/aromatic N) is 1. The van der Waals surface area contributed by atoms with Gasteiger partial charge in [0.1, 0.15) is 11.8 Å². The summed E-state index contributed by atoms with van der Waals surface area (Å²) in [7, 11) is -3.75. The Morgan fingerprint density at radius 3 is 2.55 bits per heavy atom. The SMILES string of the molecule is CC1(C)C2CCC1(CS(=O)(=O)N1CCC[C@H]1C(=O)O)C(=O)C2. The molecule has 2 bridgehead atoms. The van der Waals surface area contributed by atoms with E-state index < -0.39 is 27.4 Å². The number of aliphatic carboxylic acids is 1. The molecule has 1 aliphatic heterocycles. The Morgan fingerprint density at radius 1 is 1.36 bits per heavy atom. The quantitative estimate of drug-likeness (QED) is 0.838. The van der Waals surface area contributed by atoms with Crippen LogP contribution in [0.1, 0.15) is 46.0 Å². The minimum atomic E-state index is -3.75. The number of hydrogen-bond donors (Lipinski definition) is 1. The first-order valence-corrected chi connectivity index (χ1v) is 9.48. The first-order valence-electron chi connectivity index (χ1n) is 7.87. The lowest BCUT2D eigenvalue weighted by molar-refractivity contribution is -0.140. The van der Waals surface area contributed by atoms with Gasteiger partial charge in [0.05, 0.1) is 5.75 Å². The van der Waals surface area contributed by atoms with Crippen LogP contribution in [0.4, 0.5) is 0 Å². The van der Waals surface area contributed by atoms with Gasteiger partial charge in [-0.25, -0.2) is 8.42 Å². The number of ketones is 1. The van der Waals surface area contributed by atoms with Crippen molar-refractivity contribution in [3.05, 3.63) is 0 Å². The van der Waals surface area contributed by atoms with Crippen LogP contribution in [0, 0.1) is 16.7 Å². The molecule has 1 saturated heterocycles. The molecule has 3 rings (SSSR count). The van der Waals surface area contributed by atoms with Crippen molar-refractivity contribution in [1.29, 1.82) is 0 Å². The fourth-order valence-electron chi connectivity index (χ4n) is 4.82. The molecule has 3 fully saturated rings. The van der Waals surface area contributed by atoms with Crippen molar-refractivity contribution in [2.75, 3.05) is 12.3 Å². The normalized spacial score (nSPS) is 37.8. The van der Waals surface area contributed by atoms with Gasteiger partial charge in [-0.2, -0.15) is 4.31 Å². The number of fused-ring (bicyclic) bond motifs is 2.